The van der Waals surface area contributed by atoms with E-state index in [0.717, 1.165) is 61.8 Å². The summed E-state index contributed by atoms with van der Waals surface area (Å²) in [6, 6.07) is 12.1. The molecule has 0 radical (unpaired) electrons. The Kier molecular flexibility index (Phi) is 6.56. The van der Waals surface area contributed by atoms with E-state index in [1.54, 1.807) is 10.9 Å². The van der Waals surface area contributed by atoms with Crippen molar-refractivity contribution in [1.29, 1.82) is 5.26 Å². The molecule has 5 aliphatic rings. The van der Waals surface area contributed by atoms with Crippen LogP contribution in [-0.4, -0.2) is 27.0 Å². The molecule has 240 valence electrons. The van der Waals surface area contributed by atoms with Crippen LogP contribution < -0.4 is 0 Å². The summed E-state index contributed by atoms with van der Waals surface area (Å²) in [6.07, 6.45) is 13.1. The number of carbonyl (C=O) groups is 3. The molecule has 0 N–H and O–H groups in total. The summed E-state index contributed by atoms with van der Waals surface area (Å²) in [4.78, 5) is 47.6. The van der Waals surface area contributed by atoms with E-state index in [-0.39, 0.29) is 57.0 Å². The van der Waals surface area contributed by atoms with Gasteiger partial charge in [-0.1, -0.05) is 90.4 Å². The smallest absolute Gasteiger partial charge is 0.238 e. The molecule has 5 aliphatic carbocycles. The van der Waals surface area contributed by atoms with Gasteiger partial charge in [0.05, 0.1) is 16.7 Å². The lowest BCUT2D eigenvalue weighted by molar-refractivity contribution is -0.164. The van der Waals surface area contributed by atoms with E-state index < -0.39 is 16.2 Å². The Hall–Kier alpha value is -3.59. The maximum absolute atomic E-state index is 14.8. The number of nitriles is 1. The van der Waals surface area contributed by atoms with Crippen LogP contribution in [0.3, 0.4) is 0 Å². The van der Waals surface area contributed by atoms with Crippen molar-refractivity contribution in [3.8, 4) is 17.3 Å². The van der Waals surface area contributed by atoms with Gasteiger partial charge in [-0.25, -0.2) is 4.98 Å². The first-order valence-corrected chi connectivity index (χ1v) is 17.1. The van der Waals surface area contributed by atoms with Crippen LogP contribution in [0.1, 0.15) is 98.2 Å². The number of benzene rings is 1. The highest BCUT2D eigenvalue weighted by molar-refractivity contribution is 6.04. The van der Waals surface area contributed by atoms with Gasteiger partial charge in [-0.3, -0.25) is 19.0 Å². The Morgan fingerprint density at radius 3 is 2.35 bits per heavy atom. The second-order valence-electron chi connectivity index (χ2n) is 17.3. The van der Waals surface area contributed by atoms with Crippen LogP contribution >= 0.6 is 0 Å². The van der Waals surface area contributed by atoms with Gasteiger partial charge in [0.25, 0.3) is 0 Å². The largest absolute Gasteiger partial charge is 0.295 e. The zero-order valence-corrected chi connectivity index (χ0v) is 28.4. The van der Waals surface area contributed by atoms with Crippen LogP contribution in [0.4, 0.5) is 0 Å². The van der Waals surface area contributed by atoms with Crippen molar-refractivity contribution < 1.29 is 14.4 Å². The van der Waals surface area contributed by atoms with Crippen LogP contribution in [0, 0.1) is 61.6 Å². The van der Waals surface area contributed by atoms with E-state index in [4.69, 9.17) is 0 Å². The highest BCUT2D eigenvalue weighted by Gasteiger charge is 2.71. The standard InChI is InChI=1S/C40H47N3O3/c1-35(2)15-17-40(34(46)43-23-28(42-24-43)25-11-9-8-10-12-25)18-16-39(7)32(27(40)21-35)29(44)19-31-37(5)20-26(22-41)33(45)36(3,4)30(37)13-14-38(31,39)6/h8-12,19-20,23-24,27,30,32H,13-18,21H2,1-7H3/t27-,30-,32-,37-,38+,39+,40-/m0/s1. The maximum Gasteiger partial charge on any atom is 0.238 e. The quantitative estimate of drug-likeness (QED) is 0.337. The number of aromatic nitrogens is 2. The number of fused-ring (bicyclic) bond motifs is 7. The van der Waals surface area contributed by atoms with Crippen molar-refractivity contribution in [2.24, 2.45) is 50.2 Å². The van der Waals surface area contributed by atoms with Crippen LogP contribution in [0.15, 0.2) is 66.2 Å². The lowest BCUT2D eigenvalue weighted by Crippen LogP contribution is -2.66. The summed E-state index contributed by atoms with van der Waals surface area (Å²) in [5.74, 6) is -0.264. The van der Waals surface area contributed by atoms with E-state index in [1.807, 2.05) is 62.5 Å². The fraction of sp³-hybridized carbons (Fsp3) is 0.575. The highest BCUT2D eigenvalue weighted by Crippen LogP contribution is 2.74. The molecular weight excluding hydrogens is 570 g/mol. The van der Waals surface area contributed by atoms with E-state index in [1.165, 1.54) is 0 Å². The molecule has 0 amide bonds. The number of carbonyl (C=O) groups excluding carboxylic acids is 3. The molecular formula is C40H47N3O3. The topological polar surface area (TPSA) is 92.8 Å². The highest BCUT2D eigenvalue weighted by atomic mass is 16.2. The molecule has 7 rings (SSSR count). The third-order valence-electron chi connectivity index (χ3n) is 14.2. The van der Waals surface area contributed by atoms with Crippen molar-refractivity contribution in [2.45, 2.75) is 93.4 Å². The third-order valence-corrected chi connectivity index (χ3v) is 14.2. The Bertz CT molecular complexity index is 1770. The fourth-order valence-corrected chi connectivity index (χ4v) is 11.5. The first kappa shape index (κ1) is 31.0. The molecule has 1 heterocycles. The van der Waals surface area contributed by atoms with Crippen molar-refractivity contribution in [1.82, 2.24) is 9.55 Å². The Morgan fingerprint density at radius 1 is 0.957 bits per heavy atom. The van der Waals surface area contributed by atoms with Crippen molar-refractivity contribution in [3.63, 3.8) is 0 Å². The number of ketones is 2. The molecule has 1 aromatic heterocycles. The van der Waals surface area contributed by atoms with E-state index in [0.29, 0.717) is 0 Å². The average Bonchev–Trinajstić information content (AvgIpc) is 3.50. The summed E-state index contributed by atoms with van der Waals surface area (Å²) < 4.78 is 1.70. The molecule has 7 atom stereocenters. The minimum Gasteiger partial charge on any atom is -0.295 e. The minimum atomic E-state index is -0.692. The number of rotatable bonds is 2. The van der Waals surface area contributed by atoms with E-state index in [2.05, 4.69) is 45.7 Å². The second-order valence-corrected chi connectivity index (χ2v) is 17.3. The van der Waals surface area contributed by atoms with Gasteiger partial charge >= 0.3 is 0 Å². The molecule has 3 saturated carbocycles. The van der Waals surface area contributed by atoms with Crippen molar-refractivity contribution >= 4 is 17.5 Å². The van der Waals surface area contributed by atoms with Gasteiger partial charge < -0.3 is 0 Å². The van der Waals surface area contributed by atoms with Crippen molar-refractivity contribution in [3.05, 3.63) is 66.2 Å². The van der Waals surface area contributed by atoms with Crippen LogP contribution in [0.25, 0.3) is 11.3 Å². The van der Waals surface area contributed by atoms with Gasteiger partial charge in [0, 0.05) is 28.5 Å². The molecule has 0 spiro atoms. The number of hydrogen-bond donors (Lipinski definition) is 0. The molecule has 0 unspecified atom stereocenters. The van der Waals surface area contributed by atoms with Gasteiger partial charge in [0.1, 0.15) is 12.4 Å². The predicted molar refractivity (Wildman–Crippen MR) is 177 cm³/mol. The molecule has 1 aromatic carbocycles. The first-order chi connectivity index (χ1) is 21.5. The molecule has 0 aliphatic heterocycles. The number of allylic oxidation sites excluding steroid dienone is 4. The zero-order chi connectivity index (χ0) is 33.1. The lowest BCUT2D eigenvalue weighted by Gasteiger charge is -2.69. The maximum atomic E-state index is 14.8. The van der Waals surface area contributed by atoms with E-state index in [9.17, 15) is 19.6 Å². The average molecular weight is 618 g/mol. The van der Waals surface area contributed by atoms with E-state index >= 15 is 0 Å². The number of Topliss-reactive ketones (excluding diaryl/α,β-unsaturated/α-hetero) is 1. The summed E-state index contributed by atoms with van der Waals surface area (Å²) in [5, 5.41) is 10.0. The van der Waals surface area contributed by atoms with Crippen LogP contribution in [-0.2, 0) is 9.59 Å². The molecule has 0 bridgehead atoms. The van der Waals surface area contributed by atoms with Crippen molar-refractivity contribution in [2.75, 3.05) is 0 Å². The zero-order valence-electron chi connectivity index (χ0n) is 28.4. The van der Waals surface area contributed by atoms with Gasteiger partial charge in [-0.2, -0.15) is 5.26 Å². The molecule has 46 heavy (non-hydrogen) atoms. The predicted octanol–water partition coefficient (Wildman–Crippen LogP) is 8.41. The monoisotopic (exact) mass is 617 g/mol. The molecule has 6 heteroatoms. The molecule has 2 aromatic rings. The Morgan fingerprint density at radius 2 is 1.65 bits per heavy atom. The molecule has 6 nitrogen and oxygen atoms in total. The normalized spacial score (nSPS) is 39.0. The summed E-state index contributed by atoms with van der Waals surface area (Å²) >= 11 is 0. The van der Waals surface area contributed by atoms with Gasteiger partial charge in [-0.05, 0) is 79.1 Å². The van der Waals surface area contributed by atoms with Gasteiger partial charge in [0.15, 0.2) is 11.6 Å². The van der Waals surface area contributed by atoms with Gasteiger partial charge in [-0.15, -0.1) is 0 Å². The Labute approximate surface area is 273 Å². The minimum absolute atomic E-state index is 0.00907. The summed E-state index contributed by atoms with van der Waals surface area (Å²) in [7, 11) is 0. The third kappa shape index (κ3) is 3.93. The number of hydrogen-bond acceptors (Lipinski definition) is 5. The number of nitrogens with zero attached hydrogens (tertiary/aromatic N) is 3. The van der Waals surface area contributed by atoms with Gasteiger partial charge in [0.2, 0.25) is 5.91 Å². The SMILES string of the molecule is CC1(C)CC[C@]2(C(=O)n3cnc(-c4ccccc4)c3)CC[C@]3(C)[C@H](C(=O)C=C4[C@@]5(C)C=C(C#N)C(=O)C(C)(C)[C@@H]5CC[C@]43C)[C@@H]2C1. The summed E-state index contributed by atoms with van der Waals surface area (Å²) in [5.41, 5.74) is 0.498. The van der Waals surface area contributed by atoms with Crippen LogP contribution in [0.2, 0.25) is 0 Å². The second kappa shape index (κ2) is 9.72. The first-order valence-electron chi connectivity index (χ1n) is 17.1. The molecule has 0 saturated heterocycles. The lowest BCUT2D eigenvalue weighted by atomic mass is 9.34. The summed E-state index contributed by atoms with van der Waals surface area (Å²) in [6.45, 7) is 15.4. The fourth-order valence-electron chi connectivity index (χ4n) is 11.5. The number of imidazole rings is 1. The Balaban J connectivity index is 1.34. The van der Waals surface area contributed by atoms with Crippen LogP contribution in [0.5, 0.6) is 0 Å². The molecule has 3 fully saturated rings.